The highest BCUT2D eigenvalue weighted by atomic mass is 32.1. The van der Waals surface area contributed by atoms with Gasteiger partial charge in [-0.1, -0.05) is 18.2 Å². The number of benzene rings is 1. The van der Waals surface area contributed by atoms with Crippen LogP contribution in [0.5, 0.6) is 0 Å². The number of likely N-dealkylation sites (N-methyl/N-ethyl adjacent to an activating group) is 1. The fraction of sp³-hybridized carbons (Fsp3) is 0.280. The Morgan fingerprint density at radius 3 is 2.44 bits per heavy atom. The van der Waals surface area contributed by atoms with Gasteiger partial charge in [0.05, 0.1) is 17.9 Å². The van der Waals surface area contributed by atoms with Crippen molar-refractivity contribution in [2.24, 2.45) is 7.05 Å². The van der Waals surface area contributed by atoms with Crippen molar-refractivity contribution in [3.05, 3.63) is 91.8 Å². The molecular weight excluding hydrogens is 420 g/mol. The highest BCUT2D eigenvalue weighted by Crippen LogP contribution is 2.23. The summed E-state index contributed by atoms with van der Waals surface area (Å²) in [5.41, 5.74) is 5.66. The standard InChI is InChI=1S/C25H28N4O2S/c1-17-13-22(23(30)15-26(4)14-20-11-12-32-16-20)18(2)28(17)24-19(3)27(5)29(25(24)31)21-9-7-6-8-10-21/h6-13,16H,14-15H2,1-5H3. The fourth-order valence-corrected chi connectivity index (χ4v) is 4.94. The van der Waals surface area contributed by atoms with Crippen LogP contribution in [0.15, 0.2) is 58.0 Å². The summed E-state index contributed by atoms with van der Waals surface area (Å²) in [6.07, 6.45) is 0. The van der Waals surface area contributed by atoms with Gasteiger partial charge in [-0.2, -0.15) is 11.3 Å². The first-order valence-electron chi connectivity index (χ1n) is 10.6. The molecule has 0 N–H and O–H groups in total. The highest BCUT2D eigenvalue weighted by Gasteiger charge is 2.24. The summed E-state index contributed by atoms with van der Waals surface area (Å²) in [5.74, 6) is 0.0547. The van der Waals surface area contributed by atoms with E-state index in [0.717, 1.165) is 29.3 Å². The van der Waals surface area contributed by atoms with Crippen LogP contribution >= 0.6 is 11.3 Å². The Balaban J connectivity index is 1.70. The monoisotopic (exact) mass is 448 g/mol. The molecule has 4 aromatic rings. The smallest absolute Gasteiger partial charge is 0.295 e. The molecule has 0 atom stereocenters. The topological polar surface area (TPSA) is 52.2 Å². The quantitative estimate of drug-likeness (QED) is 0.397. The third kappa shape index (κ3) is 3.89. The van der Waals surface area contributed by atoms with Crippen molar-refractivity contribution in [3.63, 3.8) is 0 Å². The lowest BCUT2D eigenvalue weighted by molar-refractivity contribution is 0.0942. The Morgan fingerprint density at radius 2 is 1.78 bits per heavy atom. The van der Waals surface area contributed by atoms with Gasteiger partial charge in [-0.25, -0.2) is 4.68 Å². The average Bonchev–Trinajstić information content (AvgIpc) is 3.42. The second-order valence-corrected chi connectivity index (χ2v) is 9.04. The molecule has 0 unspecified atom stereocenters. The molecule has 0 aliphatic carbocycles. The van der Waals surface area contributed by atoms with Gasteiger partial charge in [-0.15, -0.1) is 0 Å². The number of hydrogen-bond donors (Lipinski definition) is 0. The number of hydrogen-bond acceptors (Lipinski definition) is 4. The summed E-state index contributed by atoms with van der Waals surface area (Å²) < 4.78 is 5.45. The Morgan fingerprint density at radius 1 is 1.06 bits per heavy atom. The molecule has 0 aliphatic heterocycles. The lowest BCUT2D eigenvalue weighted by Crippen LogP contribution is -2.26. The number of Topliss-reactive ketones (excluding diaryl/α,β-unsaturated/α-hetero) is 1. The molecule has 3 aromatic heterocycles. The lowest BCUT2D eigenvalue weighted by atomic mass is 10.1. The zero-order chi connectivity index (χ0) is 23.0. The van der Waals surface area contributed by atoms with E-state index in [2.05, 4.69) is 11.4 Å². The Kier molecular flexibility index (Phi) is 6.04. The van der Waals surface area contributed by atoms with Crippen molar-refractivity contribution in [1.82, 2.24) is 18.8 Å². The van der Waals surface area contributed by atoms with E-state index in [4.69, 9.17) is 0 Å². The van der Waals surface area contributed by atoms with E-state index >= 15 is 0 Å². The molecule has 1 aromatic carbocycles. The van der Waals surface area contributed by atoms with Crippen LogP contribution in [-0.2, 0) is 13.6 Å². The van der Waals surface area contributed by atoms with Gasteiger partial charge in [0.25, 0.3) is 5.56 Å². The number of para-hydroxylation sites is 1. The Labute approximate surface area is 191 Å². The van der Waals surface area contributed by atoms with Crippen molar-refractivity contribution in [1.29, 1.82) is 0 Å². The molecule has 6 nitrogen and oxygen atoms in total. The number of carbonyl (C=O) groups is 1. The minimum atomic E-state index is -0.105. The molecule has 0 radical (unpaired) electrons. The number of nitrogens with zero attached hydrogens (tertiary/aromatic N) is 4. The molecule has 0 spiro atoms. The predicted octanol–water partition coefficient (Wildman–Crippen LogP) is 4.27. The molecule has 32 heavy (non-hydrogen) atoms. The second-order valence-electron chi connectivity index (χ2n) is 8.26. The van der Waals surface area contributed by atoms with E-state index in [1.54, 1.807) is 16.0 Å². The zero-order valence-electron chi connectivity index (χ0n) is 19.1. The first kappa shape index (κ1) is 22.0. The molecule has 166 valence electrons. The Hall–Kier alpha value is -3.16. The van der Waals surface area contributed by atoms with E-state index < -0.39 is 0 Å². The maximum atomic E-state index is 13.5. The van der Waals surface area contributed by atoms with Crippen molar-refractivity contribution in [3.8, 4) is 11.4 Å². The molecule has 4 rings (SSSR count). The predicted molar refractivity (Wildman–Crippen MR) is 130 cm³/mol. The third-order valence-corrected chi connectivity index (χ3v) is 6.66. The molecule has 0 aliphatic rings. The normalized spacial score (nSPS) is 11.4. The summed E-state index contributed by atoms with van der Waals surface area (Å²) >= 11 is 1.66. The van der Waals surface area contributed by atoms with Crippen LogP contribution in [-0.4, -0.2) is 38.2 Å². The van der Waals surface area contributed by atoms with Gasteiger partial charge in [0.1, 0.15) is 5.69 Å². The van der Waals surface area contributed by atoms with Crippen molar-refractivity contribution >= 4 is 17.1 Å². The second kappa shape index (κ2) is 8.76. The highest BCUT2D eigenvalue weighted by molar-refractivity contribution is 7.07. The molecule has 0 saturated heterocycles. The fourth-order valence-electron chi connectivity index (χ4n) is 4.28. The number of rotatable bonds is 7. The third-order valence-electron chi connectivity index (χ3n) is 5.93. The zero-order valence-corrected chi connectivity index (χ0v) is 19.9. The summed E-state index contributed by atoms with van der Waals surface area (Å²) in [6, 6.07) is 13.6. The molecule has 3 heterocycles. The molecule has 0 fully saturated rings. The van der Waals surface area contributed by atoms with Crippen LogP contribution in [0.25, 0.3) is 11.4 Å². The Bertz CT molecular complexity index is 1310. The minimum absolute atomic E-state index is 0.0547. The first-order valence-corrected chi connectivity index (χ1v) is 11.5. The van der Waals surface area contributed by atoms with Gasteiger partial charge in [0.15, 0.2) is 5.78 Å². The maximum Gasteiger partial charge on any atom is 0.295 e. The van der Waals surface area contributed by atoms with Crippen molar-refractivity contribution < 1.29 is 4.79 Å². The van der Waals surface area contributed by atoms with Gasteiger partial charge in [0, 0.05) is 30.5 Å². The maximum absolute atomic E-state index is 13.5. The van der Waals surface area contributed by atoms with Crippen LogP contribution in [0.4, 0.5) is 0 Å². The average molecular weight is 449 g/mol. The summed E-state index contributed by atoms with van der Waals surface area (Å²) in [7, 11) is 3.83. The van der Waals surface area contributed by atoms with Gasteiger partial charge in [0.2, 0.25) is 0 Å². The molecule has 0 saturated carbocycles. The van der Waals surface area contributed by atoms with Crippen LogP contribution in [0, 0.1) is 20.8 Å². The van der Waals surface area contributed by atoms with E-state index in [1.807, 2.05) is 90.8 Å². The van der Waals surface area contributed by atoms with E-state index in [0.29, 0.717) is 17.8 Å². The van der Waals surface area contributed by atoms with Crippen LogP contribution in [0.1, 0.15) is 33.0 Å². The van der Waals surface area contributed by atoms with Crippen LogP contribution in [0.3, 0.4) is 0 Å². The summed E-state index contributed by atoms with van der Waals surface area (Å²) in [6.45, 7) is 6.84. The van der Waals surface area contributed by atoms with Crippen molar-refractivity contribution in [2.75, 3.05) is 13.6 Å². The number of ketones is 1. The molecule has 0 bridgehead atoms. The van der Waals surface area contributed by atoms with Crippen molar-refractivity contribution in [2.45, 2.75) is 27.3 Å². The molecular formula is C25H28N4O2S. The van der Waals surface area contributed by atoms with Gasteiger partial charge in [-0.05, 0) is 68.4 Å². The molecule has 0 amide bonds. The number of aromatic nitrogens is 3. The minimum Gasteiger partial charge on any atom is -0.311 e. The summed E-state index contributed by atoms with van der Waals surface area (Å²) in [4.78, 5) is 28.6. The number of aryl methyl sites for hydroxylation is 1. The largest absolute Gasteiger partial charge is 0.311 e. The number of thiophene rings is 1. The van der Waals surface area contributed by atoms with E-state index in [9.17, 15) is 9.59 Å². The number of carbonyl (C=O) groups excluding carboxylic acids is 1. The molecule has 7 heteroatoms. The van der Waals surface area contributed by atoms with E-state index in [-0.39, 0.29) is 11.3 Å². The van der Waals surface area contributed by atoms with Crippen LogP contribution in [0.2, 0.25) is 0 Å². The van der Waals surface area contributed by atoms with Gasteiger partial charge >= 0.3 is 0 Å². The van der Waals surface area contributed by atoms with Crippen LogP contribution < -0.4 is 5.56 Å². The summed E-state index contributed by atoms with van der Waals surface area (Å²) in [5, 5.41) is 4.14. The van der Waals surface area contributed by atoms with E-state index in [1.165, 1.54) is 5.56 Å². The van der Waals surface area contributed by atoms with Gasteiger partial charge < -0.3 is 4.57 Å². The SMILES string of the molecule is Cc1cc(C(=O)CN(C)Cc2ccsc2)c(C)n1-c1c(C)n(C)n(-c2ccccc2)c1=O. The lowest BCUT2D eigenvalue weighted by Gasteiger charge is -2.15. The van der Waals surface area contributed by atoms with Gasteiger partial charge in [-0.3, -0.25) is 19.2 Å². The first-order chi connectivity index (χ1) is 15.3.